The molecule has 10 heteroatoms. The summed E-state index contributed by atoms with van der Waals surface area (Å²) >= 11 is 13.1. The third kappa shape index (κ3) is 5.23. The van der Waals surface area contributed by atoms with Crippen molar-refractivity contribution in [1.82, 2.24) is 9.97 Å². The summed E-state index contributed by atoms with van der Waals surface area (Å²) in [7, 11) is 0. The first-order valence-corrected chi connectivity index (χ1v) is 8.80. The third-order valence-corrected chi connectivity index (χ3v) is 4.59. The summed E-state index contributed by atoms with van der Waals surface area (Å²) in [6.07, 6.45) is -2.40. The van der Waals surface area contributed by atoms with Crippen molar-refractivity contribution < 1.29 is 18.0 Å². The summed E-state index contributed by atoms with van der Waals surface area (Å²) in [5.74, 6) is -0.0192. The number of halogens is 5. The minimum atomic E-state index is -4.55. The first kappa shape index (κ1) is 19.8. The number of benzene rings is 1. The van der Waals surface area contributed by atoms with Crippen LogP contribution in [0.4, 0.5) is 18.9 Å². The minimum absolute atomic E-state index is 0.0125. The molecule has 0 saturated heterocycles. The van der Waals surface area contributed by atoms with Crippen LogP contribution in [0.2, 0.25) is 10.0 Å². The molecule has 2 rings (SSSR count). The van der Waals surface area contributed by atoms with Crippen molar-refractivity contribution in [1.29, 1.82) is 0 Å². The maximum atomic E-state index is 12.8. The Bertz CT molecular complexity index is 787. The van der Waals surface area contributed by atoms with Crippen LogP contribution in [0.25, 0.3) is 0 Å². The van der Waals surface area contributed by atoms with Crippen molar-refractivity contribution in [3.05, 3.63) is 45.7 Å². The van der Waals surface area contributed by atoms with E-state index in [0.717, 1.165) is 30.4 Å². The number of rotatable bonds is 5. The minimum Gasteiger partial charge on any atom is -0.319 e. The summed E-state index contributed by atoms with van der Waals surface area (Å²) in [6.45, 7) is 1.98. The molecule has 0 bridgehead atoms. The van der Waals surface area contributed by atoms with Crippen LogP contribution in [0.3, 0.4) is 0 Å². The van der Waals surface area contributed by atoms with Crippen molar-refractivity contribution in [3.63, 3.8) is 0 Å². The monoisotopic (exact) mass is 409 g/mol. The molecule has 1 N–H and O–H groups in total. The maximum absolute atomic E-state index is 12.8. The van der Waals surface area contributed by atoms with Crippen LogP contribution < -0.4 is 5.32 Å². The highest BCUT2D eigenvalue weighted by Gasteiger charge is 2.31. The van der Waals surface area contributed by atoms with E-state index in [-0.39, 0.29) is 21.4 Å². The molecule has 1 heterocycles. The van der Waals surface area contributed by atoms with Gasteiger partial charge in [-0.3, -0.25) is 4.79 Å². The fourth-order valence-electron chi connectivity index (χ4n) is 1.75. The topological polar surface area (TPSA) is 54.9 Å². The smallest absolute Gasteiger partial charge is 0.319 e. The Hall–Kier alpha value is -1.51. The van der Waals surface area contributed by atoms with Gasteiger partial charge in [0.15, 0.2) is 10.9 Å². The molecule has 1 aromatic carbocycles. The summed E-state index contributed by atoms with van der Waals surface area (Å²) in [5, 5.41) is 2.61. The molecule has 134 valence electrons. The van der Waals surface area contributed by atoms with Gasteiger partial charge in [-0.1, -0.05) is 41.9 Å². The third-order valence-electron chi connectivity index (χ3n) is 2.91. The van der Waals surface area contributed by atoms with Gasteiger partial charge in [0, 0.05) is 5.75 Å². The summed E-state index contributed by atoms with van der Waals surface area (Å²) in [5.41, 5.74) is -1.25. The van der Waals surface area contributed by atoms with E-state index in [1.54, 1.807) is 0 Å². The number of carbonyl (C=O) groups is 1. The van der Waals surface area contributed by atoms with Gasteiger partial charge >= 0.3 is 6.18 Å². The van der Waals surface area contributed by atoms with Crippen LogP contribution in [0.5, 0.6) is 0 Å². The van der Waals surface area contributed by atoms with E-state index >= 15 is 0 Å². The fourth-order valence-corrected chi connectivity index (χ4v) is 2.76. The van der Waals surface area contributed by atoms with E-state index < -0.39 is 17.6 Å². The number of nitrogens with zero attached hydrogens (tertiary/aromatic N) is 2. The van der Waals surface area contributed by atoms with Crippen LogP contribution in [0.15, 0.2) is 29.6 Å². The van der Waals surface area contributed by atoms with Crippen LogP contribution >= 0.6 is 35.0 Å². The lowest BCUT2D eigenvalue weighted by atomic mass is 10.2. The average Bonchev–Trinajstić information content (AvgIpc) is 2.55. The predicted molar refractivity (Wildman–Crippen MR) is 92.5 cm³/mol. The zero-order valence-electron chi connectivity index (χ0n) is 12.8. The second-order valence-electron chi connectivity index (χ2n) is 4.84. The Morgan fingerprint density at radius 3 is 2.64 bits per heavy atom. The molecule has 0 radical (unpaired) electrons. The number of hydrogen-bond donors (Lipinski definition) is 1. The Labute approximate surface area is 156 Å². The number of aromatic nitrogens is 2. The molecule has 1 aromatic heterocycles. The lowest BCUT2D eigenvalue weighted by molar-refractivity contribution is -0.137. The molecule has 0 aliphatic carbocycles. The molecule has 0 aliphatic heterocycles. The van der Waals surface area contributed by atoms with E-state index in [4.69, 9.17) is 23.2 Å². The van der Waals surface area contributed by atoms with Crippen LogP contribution in [0, 0.1) is 0 Å². The zero-order chi connectivity index (χ0) is 18.6. The van der Waals surface area contributed by atoms with Crippen molar-refractivity contribution in [2.75, 3.05) is 11.1 Å². The molecule has 0 fully saturated rings. The lowest BCUT2D eigenvalue weighted by Crippen LogP contribution is -2.16. The Morgan fingerprint density at radius 1 is 1.28 bits per heavy atom. The molecule has 25 heavy (non-hydrogen) atoms. The van der Waals surface area contributed by atoms with Crippen molar-refractivity contribution >= 4 is 46.6 Å². The Kier molecular flexibility index (Phi) is 6.53. The highest BCUT2D eigenvalue weighted by molar-refractivity contribution is 7.99. The SMILES string of the molecule is CCCSc1ncc(Cl)c(C(=O)Nc2cc(C(F)(F)F)ccc2Cl)n1. The number of hydrogen-bond acceptors (Lipinski definition) is 4. The van der Waals surface area contributed by atoms with Crippen molar-refractivity contribution in [2.24, 2.45) is 0 Å². The Morgan fingerprint density at radius 2 is 2.00 bits per heavy atom. The first-order chi connectivity index (χ1) is 11.7. The van der Waals surface area contributed by atoms with E-state index in [1.807, 2.05) is 6.92 Å². The van der Waals surface area contributed by atoms with E-state index in [2.05, 4.69) is 15.3 Å². The van der Waals surface area contributed by atoms with Gasteiger partial charge in [-0.15, -0.1) is 0 Å². The van der Waals surface area contributed by atoms with Crippen molar-refractivity contribution in [2.45, 2.75) is 24.7 Å². The molecule has 0 aliphatic rings. The van der Waals surface area contributed by atoms with Gasteiger partial charge in [0.05, 0.1) is 27.5 Å². The van der Waals surface area contributed by atoms with Gasteiger partial charge in [0.2, 0.25) is 0 Å². The number of nitrogens with one attached hydrogen (secondary N) is 1. The fraction of sp³-hybridized carbons (Fsp3) is 0.267. The van der Waals surface area contributed by atoms with Gasteiger partial charge < -0.3 is 5.32 Å². The van der Waals surface area contributed by atoms with Gasteiger partial charge in [-0.2, -0.15) is 13.2 Å². The molecular weight excluding hydrogens is 398 g/mol. The molecule has 1 amide bonds. The van der Waals surface area contributed by atoms with E-state index in [9.17, 15) is 18.0 Å². The average molecular weight is 410 g/mol. The van der Waals surface area contributed by atoms with Crippen LogP contribution in [-0.4, -0.2) is 21.6 Å². The molecule has 0 saturated carbocycles. The number of anilines is 1. The van der Waals surface area contributed by atoms with E-state index in [0.29, 0.717) is 5.16 Å². The molecule has 0 atom stereocenters. The standard InChI is InChI=1S/C15H12Cl2F3N3OS/c1-2-5-25-14-21-7-10(17)12(23-14)13(24)22-11-6-8(15(18,19)20)3-4-9(11)16/h3-4,6-7H,2,5H2,1H3,(H,22,24). The molecule has 4 nitrogen and oxygen atoms in total. The normalized spacial score (nSPS) is 11.4. The lowest BCUT2D eigenvalue weighted by Gasteiger charge is -2.12. The summed E-state index contributed by atoms with van der Waals surface area (Å²) in [6, 6.07) is 2.64. The number of carbonyl (C=O) groups excluding carboxylic acids is 1. The van der Waals surface area contributed by atoms with Crippen molar-refractivity contribution in [3.8, 4) is 0 Å². The van der Waals surface area contributed by atoms with Gasteiger partial charge in [0.1, 0.15) is 0 Å². The maximum Gasteiger partial charge on any atom is 0.416 e. The second kappa shape index (κ2) is 8.25. The predicted octanol–water partition coefficient (Wildman–Crippen LogP) is 5.56. The largest absolute Gasteiger partial charge is 0.416 e. The highest BCUT2D eigenvalue weighted by Crippen LogP contribution is 2.34. The molecule has 2 aromatic rings. The van der Waals surface area contributed by atoms with Crippen LogP contribution in [-0.2, 0) is 6.18 Å². The Balaban J connectivity index is 2.28. The van der Waals surface area contributed by atoms with Gasteiger partial charge in [-0.25, -0.2) is 9.97 Å². The second-order valence-corrected chi connectivity index (χ2v) is 6.72. The van der Waals surface area contributed by atoms with Gasteiger partial charge in [-0.05, 0) is 24.6 Å². The number of thioether (sulfide) groups is 1. The number of amides is 1. The highest BCUT2D eigenvalue weighted by atomic mass is 35.5. The summed E-state index contributed by atoms with van der Waals surface area (Å²) < 4.78 is 38.4. The molecule has 0 spiro atoms. The summed E-state index contributed by atoms with van der Waals surface area (Å²) in [4.78, 5) is 20.4. The molecular formula is C15H12Cl2F3N3OS. The molecule has 0 unspecified atom stereocenters. The number of alkyl halides is 3. The van der Waals surface area contributed by atoms with Gasteiger partial charge in [0.25, 0.3) is 5.91 Å². The first-order valence-electron chi connectivity index (χ1n) is 7.05. The van der Waals surface area contributed by atoms with E-state index in [1.165, 1.54) is 18.0 Å². The zero-order valence-corrected chi connectivity index (χ0v) is 15.2. The quantitative estimate of drug-likeness (QED) is 0.518. The van der Waals surface area contributed by atoms with Crippen LogP contribution in [0.1, 0.15) is 29.4 Å².